The summed E-state index contributed by atoms with van der Waals surface area (Å²) in [5, 5.41) is 0. The van der Waals surface area contributed by atoms with E-state index >= 15 is 0 Å². The molecule has 2 aromatic carbocycles. The van der Waals surface area contributed by atoms with Crippen LogP contribution in [0, 0.1) is 30.2 Å². The van der Waals surface area contributed by atoms with Gasteiger partial charge in [-0.15, -0.1) is 0 Å². The predicted molar refractivity (Wildman–Crippen MR) is 60.9 cm³/mol. The molecular weight excluding hydrogens is 246 g/mol. The summed E-state index contributed by atoms with van der Waals surface area (Å²) >= 11 is 0. The van der Waals surface area contributed by atoms with Crippen molar-refractivity contribution in [3.05, 3.63) is 53.1 Å². The average molecular weight is 255 g/mol. The van der Waals surface area contributed by atoms with Gasteiger partial charge in [0.1, 0.15) is 5.82 Å². The molecule has 0 radical (unpaired) electrons. The lowest BCUT2D eigenvalue weighted by Crippen LogP contribution is -1.96. The standard InChI is InChI=1S/C13H9F4N/c1-6-2-9(14)8(5-12(6)18)7-3-10(15)13(17)11(16)4-7/h2-5H,18H2,1H3. The minimum absolute atomic E-state index is 0.0732. The zero-order valence-corrected chi connectivity index (χ0v) is 9.40. The normalized spacial score (nSPS) is 10.7. The Kier molecular flexibility index (Phi) is 2.98. The van der Waals surface area contributed by atoms with Crippen molar-refractivity contribution in [1.82, 2.24) is 0 Å². The maximum atomic E-state index is 13.7. The number of nitrogens with two attached hydrogens (primary N) is 1. The van der Waals surface area contributed by atoms with Gasteiger partial charge in [0.15, 0.2) is 17.5 Å². The van der Waals surface area contributed by atoms with Gasteiger partial charge in [-0.2, -0.15) is 0 Å². The molecule has 0 aliphatic rings. The molecule has 1 nitrogen and oxygen atoms in total. The van der Waals surface area contributed by atoms with E-state index in [2.05, 4.69) is 0 Å². The average Bonchev–Trinajstić information content (AvgIpc) is 2.30. The third-order valence-corrected chi connectivity index (χ3v) is 2.65. The van der Waals surface area contributed by atoms with Gasteiger partial charge in [0.05, 0.1) is 0 Å². The molecule has 0 aliphatic heterocycles. The largest absolute Gasteiger partial charge is 0.398 e. The summed E-state index contributed by atoms with van der Waals surface area (Å²) < 4.78 is 52.6. The van der Waals surface area contributed by atoms with Crippen molar-refractivity contribution in [3.63, 3.8) is 0 Å². The van der Waals surface area contributed by atoms with Crippen molar-refractivity contribution >= 4 is 5.69 Å². The van der Waals surface area contributed by atoms with Gasteiger partial charge in [0, 0.05) is 11.3 Å². The SMILES string of the molecule is Cc1cc(F)c(-c2cc(F)c(F)c(F)c2)cc1N. The first-order chi connectivity index (χ1) is 8.40. The number of anilines is 1. The molecule has 0 aliphatic carbocycles. The summed E-state index contributed by atoms with van der Waals surface area (Å²) in [5.41, 5.74) is 6.23. The topological polar surface area (TPSA) is 26.0 Å². The number of rotatable bonds is 1. The molecule has 0 spiro atoms. The van der Waals surface area contributed by atoms with Gasteiger partial charge < -0.3 is 5.73 Å². The quantitative estimate of drug-likeness (QED) is 0.468. The molecule has 0 bridgehead atoms. The molecule has 0 fully saturated rings. The highest BCUT2D eigenvalue weighted by molar-refractivity contribution is 5.69. The van der Waals surface area contributed by atoms with Crippen LogP contribution in [-0.4, -0.2) is 0 Å². The molecule has 2 rings (SSSR count). The molecule has 0 saturated heterocycles. The maximum Gasteiger partial charge on any atom is 0.194 e. The van der Waals surface area contributed by atoms with Gasteiger partial charge in [-0.3, -0.25) is 0 Å². The molecular formula is C13H9F4N. The summed E-state index contributed by atoms with van der Waals surface area (Å²) in [5.74, 6) is -5.00. The van der Waals surface area contributed by atoms with Crippen molar-refractivity contribution in [1.29, 1.82) is 0 Å². The summed E-state index contributed by atoms with van der Waals surface area (Å²) in [6.07, 6.45) is 0. The van der Waals surface area contributed by atoms with Gasteiger partial charge in [-0.05, 0) is 42.3 Å². The van der Waals surface area contributed by atoms with Crippen molar-refractivity contribution in [2.24, 2.45) is 0 Å². The van der Waals surface area contributed by atoms with Crippen LogP contribution in [-0.2, 0) is 0 Å². The molecule has 2 aromatic rings. The van der Waals surface area contributed by atoms with Gasteiger partial charge >= 0.3 is 0 Å². The Labute approximate surface area is 101 Å². The first-order valence-electron chi connectivity index (χ1n) is 5.10. The summed E-state index contributed by atoms with van der Waals surface area (Å²) in [7, 11) is 0. The van der Waals surface area contributed by atoms with E-state index < -0.39 is 23.3 Å². The lowest BCUT2D eigenvalue weighted by Gasteiger charge is -2.08. The molecule has 0 saturated carbocycles. The second-order valence-electron chi connectivity index (χ2n) is 3.94. The van der Waals surface area contributed by atoms with Crippen LogP contribution in [0.5, 0.6) is 0 Å². The van der Waals surface area contributed by atoms with Gasteiger partial charge in [0.2, 0.25) is 0 Å². The highest BCUT2D eigenvalue weighted by Gasteiger charge is 2.14. The molecule has 0 unspecified atom stereocenters. The fraction of sp³-hybridized carbons (Fsp3) is 0.0769. The minimum atomic E-state index is -1.58. The van der Waals surface area contributed by atoms with Crippen molar-refractivity contribution < 1.29 is 17.6 Å². The first-order valence-corrected chi connectivity index (χ1v) is 5.10. The van der Waals surface area contributed by atoms with E-state index in [0.717, 1.165) is 18.2 Å². The molecule has 5 heteroatoms. The summed E-state index contributed by atoms with van der Waals surface area (Å²) in [4.78, 5) is 0. The Bertz CT molecular complexity index is 600. The Balaban J connectivity index is 2.66. The van der Waals surface area contributed by atoms with Crippen LogP contribution in [0.2, 0.25) is 0 Å². The third-order valence-electron chi connectivity index (χ3n) is 2.65. The summed E-state index contributed by atoms with van der Waals surface area (Å²) in [6.45, 7) is 1.61. The first kappa shape index (κ1) is 12.4. The Morgan fingerprint density at radius 3 is 1.94 bits per heavy atom. The van der Waals surface area contributed by atoms with Crippen LogP contribution in [0.4, 0.5) is 23.2 Å². The van der Waals surface area contributed by atoms with E-state index in [1.54, 1.807) is 6.92 Å². The monoisotopic (exact) mass is 255 g/mol. The second-order valence-corrected chi connectivity index (χ2v) is 3.94. The number of nitrogen functional groups attached to an aromatic ring is 1. The molecule has 0 amide bonds. The number of halogens is 4. The smallest absolute Gasteiger partial charge is 0.194 e. The van der Waals surface area contributed by atoms with Crippen LogP contribution in [0.25, 0.3) is 11.1 Å². The van der Waals surface area contributed by atoms with Gasteiger partial charge in [-0.1, -0.05) is 0 Å². The molecule has 2 N–H and O–H groups in total. The molecule has 0 aromatic heterocycles. The number of hydrogen-bond donors (Lipinski definition) is 1. The second kappa shape index (κ2) is 4.33. The van der Waals surface area contributed by atoms with Crippen molar-refractivity contribution in [2.75, 3.05) is 5.73 Å². The number of benzene rings is 2. The van der Waals surface area contributed by atoms with E-state index in [-0.39, 0.29) is 16.8 Å². The van der Waals surface area contributed by atoms with Crippen LogP contribution in [0.1, 0.15) is 5.56 Å². The van der Waals surface area contributed by atoms with E-state index in [4.69, 9.17) is 5.73 Å². The minimum Gasteiger partial charge on any atom is -0.398 e. The summed E-state index contributed by atoms with van der Waals surface area (Å²) in [6, 6.07) is 3.87. The number of hydrogen-bond acceptors (Lipinski definition) is 1. The van der Waals surface area contributed by atoms with Gasteiger partial charge in [-0.25, -0.2) is 17.6 Å². The Hall–Kier alpha value is -2.04. The van der Waals surface area contributed by atoms with E-state index in [9.17, 15) is 17.6 Å². The van der Waals surface area contributed by atoms with Gasteiger partial charge in [0.25, 0.3) is 0 Å². The van der Waals surface area contributed by atoms with E-state index in [0.29, 0.717) is 5.56 Å². The fourth-order valence-electron chi connectivity index (χ4n) is 1.62. The highest BCUT2D eigenvalue weighted by atomic mass is 19.2. The zero-order valence-electron chi connectivity index (χ0n) is 9.40. The molecule has 18 heavy (non-hydrogen) atoms. The lowest BCUT2D eigenvalue weighted by atomic mass is 10.0. The molecule has 0 heterocycles. The van der Waals surface area contributed by atoms with Crippen LogP contribution in [0.15, 0.2) is 24.3 Å². The maximum absolute atomic E-state index is 13.7. The lowest BCUT2D eigenvalue weighted by molar-refractivity contribution is 0.447. The highest BCUT2D eigenvalue weighted by Crippen LogP contribution is 2.29. The Morgan fingerprint density at radius 2 is 1.39 bits per heavy atom. The van der Waals surface area contributed by atoms with E-state index in [1.807, 2.05) is 0 Å². The zero-order chi connectivity index (χ0) is 13.4. The third kappa shape index (κ3) is 2.03. The van der Waals surface area contributed by atoms with E-state index in [1.165, 1.54) is 6.07 Å². The van der Waals surface area contributed by atoms with Crippen LogP contribution in [0.3, 0.4) is 0 Å². The predicted octanol–water partition coefficient (Wildman–Crippen LogP) is 3.80. The molecule has 0 atom stereocenters. The van der Waals surface area contributed by atoms with Crippen molar-refractivity contribution in [2.45, 2.75) is 6.92 Å². The fourth-order valence-corrected chi connectivity index (χ4v) is 1.62. The van der Waals surface area contributed by atoms with Crippen molar-refractivity contribution in [3.8, 4) is 11.1 Å². The Morgan fingerprint density at radius 1 is 0.833 bits per heavy atom. The number of aryl methyl sites for hydroxylation is 1. The van der Waals surface area contributed by atoms with Crippen LogP contribution < -0.4 is 5.73 Å². The molecule has 94 valence electrons. The van der Waals surface area contributed by atoms with Crippen LogP contribution >= 0.6 is 0 Å².